The first-order valence-electron chi connectivity index (χ1n) is 11.7. The average Bonchev–Trinajstić information content (AvgIpc) is 3.36. The molecule has 0 bridgehead atoms. The Bertz CT molecular complexity index is 1380. The molecule has 3 aromatic carbocycles. The number of hydrogen-bond acceptors (Lipinski definition) is 6. The number of carbonyl (C=O) groups excluding carboxylic acids is 2. The zero-order valence-electron chi connectivity index (χ0n) is 19.9. The van der Waals surface area contributed by atoms with E-state index in [9.17, 15) is 14.7 Å². The number of anilines is 2. The van der Waals surface area contributed by atoms with E-state index >= 15 is 0 Å². The number of rotatable bonds is 10. The monoisotopic (exact) mass is 484 g/mol. The maximum atomic E-state index is 12.9. The Morgan fingerprint density at radius 1 is 1.00 bits per heavy atom. The van der Waals surface area contributed by atoms with Crippen molar-refractivity contribution in [1.82, 2.24) is 20.7 Å². The number of amides is 2. The largest absolute Gasteiger partial charge is 0.512 e. The van der Waals surface area contributed by atoms with Gasteiger partial charge in [0.25, 0.3) is 5.91 Å². The number of aliphatic hydroxyl groups is 1. The highest BCUT2D eigenvalue weighted by Crippen LogP contribution is 2.25. The van der Waals surface area contributed by atoms with Gasteiger partial charge in [0, 0.05) is 42.5 Å². The van der Waals surface area contributed by atoms with Crippen molar-refractivity contribution >= 4 is 34.2 Å². The zero-order chi connectivity index (χ0) is 25.3. The highest BCUT2D eigenvalue weighted by molar-refractivity contribution is 6.06. The lowest BCUT2D eigenvalue weighted by Crippen LogP contribution is -2.22. The highest BCUT2D eigenvalue weighted by Gasteiger charge is 2.12. The number of aromatic amines is 1. The van der Waals surface area contributed by atoms with Crippen LogP contribution in [0.3, 0.4) is 0 Å². The van der Waals surface area contributed by atoms with E-state index in [-0.39, 0.29) is 24.0 Å². The Hall–Kier alpha value is -4.66. The van der Waals surface area contributed by atoms with E-state index in [1.54, 1.807) is 24.3 Å². The number of carbonyl (C=O) groups is 2. The minimum Gasteiger partial charge on any atom is -0.512 e. The van der Waals surface area contributed by atoms with Crippen molar-refractivity contribution in [3.8, 4) is 0 Å². The Labute approximate surface area is 208 Å². The second-order valence-electron chi connectivity index (χ2n) is 8.30. The topological polar surface area (TPSA) is 132 Å². The van der Waals surface area contributed by atoms with Gasteiger partial charge < -0.3 is 21.1 Å². The summed E-state index contributed by atoms with van der Waals surface area (Å²) in [6, 6.07) is 20.4. The van der Waals surface area contributed by atoms with Gasteiger partial charge in [-0.3, -0.25) is 9.59 Å². The van der Waals surface area contributed by atoms with Crippen LogP contribution in [0.25, 0.3) is 11.0 Å². The van der Waals surface area contributed by atoms with Crippen LogP contribution in [0, 0.1) is 0 Å². The number of fused-ring (bicyclic) bond motifs is 1. The van der Waals surface area contributed by atoms with Crippen LogP contribution in [-0.4, -0.2) is 38.9 Å². The van der Waals surface area contributed by atoms with Gasteiger partial charge in [-0.05, 0) is 47.9 Å². The second kappa shape index (κ2) is 11.7. The third kappa shape index (κ3) is 6.47. The zero-order valence-corrected chi connectivity index (χ0v) is 19.9. The molecule has 0 unspecified atom stereocenters. The molecule has 1 heterocycles. The number of aliphatic hydroxyl groups excluding tert-OH is 1. The molecule has 4 rings (SSSR count). The minimum absolute atomic E-state index is 0.0518. The van der Waals surface area contributed by atoms with Gasteiger partial charge in [0.15, 0.2) is 0 Å². The van der Waals surface area contributed by atoms with Gasteiger partial charge in [0.05, 0.1) is 0 Å². The number of benzene rings is 3. The molecule has 0 saturated heterocycles. The second-order valence-corrected chi connectivity index (χ2v) is 8.30. The van der Waals surface area contributed by atoms with Crippen LogP contribution >= 0.6 is 0 Å². The van der Waals surface area contributed by atoms with Crippen LogP contribution in [0.1, 0.15) is 34.8 Å². The molecule has 2 amide bonds. The Kier molecular flexibility index (Phi) is 7.92. The molecule has 0 aliphatic carbocycles. The van der Waals surface area contributed by atoms with E-state index in [1.807, 2.05) is 49.4 Å². The number of nitrogens with one attached hydrogen (secondary N) is 4. The Balaban J connectivity index is 1.53. The van der Waals surface area contributed by atoms with E-state index in [0.29, 0.717) is 35.4 Å². The van der Waals surface area contributed by atoms with Crippen LogP contribution in [0.5, 0.6) is 0 Å². The van der Waals surface area contributed by atoms with E-state index < -0.39 is 0 Å². The van der Waals surface area contributed by atoms with Gasteiger partial charge in [-0.15, -0.1) is 0 Å². The van der Waals surface area contributed by atoms with E-state index in [2.05, 4.69) is 31.4 Å². The SMILES string of the molecule is CCCNC(=O)/C=C(\O)Cc1ccc(NC(=O)c2ccc3n[nH]nc3c2)cc1NCc1ccccc1. The van der Waals surface area contributed by atoms with Crippen LogP contribution < -0.4 is 16.0 Å². The van der Waals surface area contributed by atoms with E-state index in [4.69, 9.17) is 0 Å². The summed E-state index contributed by atoms with van der Waals surface area (Å²) in [4.78, 5) is 24.8. The molecule has 9 nitrogen and oxygen atoms in total. The summed E-state index contributed by atoms with van der Waals surface area (Å²) in [7, 11) is 0. The summed E-state index contributed by atoms with van der Waals surface area (Å²) in [5.41, 5.74) is 4.93. The number of aromatic nitrogens is 3. The molecular weight excluding hydrogens is 456 g/mol. The van der Waals surface area contributed by atoms with E-state index in [0.717, 1.165) is 23.2 Å². The third-order valence-electron chi connectivity index (χ3n) is 5.49. The average molecular weight is 485 g/mol. The number of nitrogens with zero attached hydrogens (tertiary/aromatic N) is 2. The summed E-state index contributed by atoms with van der Waals surface area (Å²) in [5.74, 6) is -0.665. The van der Waals surface area contributed by atoms with Gasteiger partial charge in [0.2, 0.25) is 5.91 Å². The Morgan fingerprint density at radius 2 is 1.81 bits per heavy atom. The van der Waals surface area contributed by atoms with Gasteiger partial charge >= 0.3 is 0 Å². The number of allylic oxidation sites excluding steroid dienone is 1. The molecule has 0 aliphatic heterocycles. The fraction of sp³-hybridized carbons (Fsp3) is 0.185. The van der Waals surface area contributed by atoms with Crippen LogP contribution in [0.2, 0.25) is 0 Å². The minimum atomic E-state index is -0.332. The quantitative estimate of drug-likeness (QED) is 0.168. The standard InChI is InChI=1S/C27H28N6O3/c1-2-12-28-26(35)16-22(34)13-19-8-10-21(15-24(19)29-17-18-6-4-3-5-7-18)30-27(36)20-9-11-23-25(14-20)32-33-31-23/h3-11,14-16,29,34H,2,12-13,17H2,1H3,(H,28,35)(H,30,36)(H,31,32,33)/b22-16-. The van der Waals surface area contributed by atoms with E-state index in [1.165, 1.54) is 6.08 Å². The van der Waals surface area contributed by atoms with Gasteiger partial charge in [-0.2, -0.15) is 15.4 Å². The van der Waals surface area contributed by atoms with Crippen molar-refractivity contribution in [3.63, 3.8) is 0 Å². The summed E-state index contributed by atoms with van der Waals surface area (Å²) >= 11 is 0. The lowest BCUT2D eigenvalue weighted by atomic mass is 10.1. The molecule has 5 N–H and O–H groups in total. The molecular formula is C27H28N6O3. The van der Waals surface area contributed by atoms with Crippen molar-refractivity contribution in [2.24, 2.45) is 0 Å². The Morgan fingerprint density at radius 3 is 2.61 bits per heavy atom. The molecule has 184 valence electrons. The predicted molar refractivity (Wildman–Crippen MR) is 140 cm³/mol. The van der Waals surface area contributed by atoms with Crippen molar-refractivity contribution < 1.29 is 14.7 Å². The third-order valence-corrected chi connectivity index (χ3v) is 5.49. The van der Waals surface area contributed by atoms with Gasteiger partial charge in [0.1, 0.15) is 16.8 Å². The van der Waals surface area contributed by atoms with Gasteiger partial charge in [-0.1, -0.05) is 43.3 Å². The fourth-order valence-corrected chi connectivity index (χ4v) is 3.65. The molecule has 0 aliphatic rings. The van der Waals surface area contributed by atoms with Crippen molar-refractivity contribution in [3.05, 3.63) is 95.3 Å². The molecule has 0 radical (unpaired) electrons. The summed E-state index contributed by atoms with van der Waals surface area (Å²) in [6.07, 6.45) is 2.17. The molecule has 0 fully saturated rings. The molecule has 4 aromatic rings. The maximum absolute atomic E-state index is 12.9. The van der Waals surface area contributed by atoms with Crippen molar-refractivity contribution in [1.29, 1.82) is 0 Å². The smallest absolute Gasteiger partial charge is 0.255 e. The lowest BCUT2D eigenvalue weighted by Gasteiger charge is -2.15. The fourth-order valence-electron chi connectivity index (χ4n) is 3.65. The first-order valence-corrected chi connectivity index (χ1v) is 11.7. The highest BCUT2D eigenvalue weighted by atomic mass is 16.3. The summed E-state index contributed by atoms with van der Waals surface area (Å²) < 4.78 is 0. The predicted octanol–water partition coefficient (Wildman–Crippen LogP) is 4.33. The summed E-state index contributed by atoms with van der Waals surface area (Å²) in [5, 5.41) is 30.0. The lowest BCUT2D eigenvalue weighted by molar-refractivity contribution is -0.116. The maximum Gasteiger partial charge on any atom is 0.255 e. The van der Waals surface area contributed by atoms with Crippen molar-refractivity contribution in [2.75, 3.05) is 17.2 Å². The molecule has 0 atom stereocenters. The van der Waals surface area contributed by atoms with Crippen molar-refractivity contribution in [2.45, 2.75) is 26.3 Å². The van der Waals surface area contributed by atoms with Crippen LogP contribution in [0.4, 0.5) is 11.4 Å². The first-order chi connectivity index (χ1) is 17.5. The number of hydrogen-bond donors (Lipinski definition) is 5. The molecule has 36 heavy (non-hydrogen) atoms. The molecule has 0 saturated carbocycles. The number of H-pyrrole nitrogens is 1. The first kappa shape index (κ1) is 24.5. The summed E-state index contributed by atoms with van der Waals surface area (Å²) in [6.45, 7) is 3.06. The normalized spacial score (nSPS) is 11.3. The van der Waals surface area contributed by atoms with Crippen LogP contribution in [-0.2, 0) is 17.8 Å². The molecule has 1 aromatic heterocycles. The van der Waals surface area contributed by atoms with Gasteiger partial charge in [-0.25, -0.2) is 0 Å². The van der Waals surface area contributed by atoms with Crippen LogP contribution in [0.15, 0.2) is 78.6 Å². The molecule has 9 heteroatoms. The molecule has 0 spiro atoms.